The van der Waals surface area contributed by atoms with E-state index in [1.807, 2.05) is 55.1 Å². The number of anilines is 1. The summed E-state index contributed by atoms with van der Waals surface area (Å²) in [6.45, 7) is 5.50. The predicted octanol–water partition coefficient (Wildman–Crippen LogP) is 5.40. The first kappa shape index (κ1) is 29.8. The zero-order valence-electron chi connectivity index (χ0n) is 23.8. The second-order valence-corrected chi connectivity index (χ2v) is 13.7. The van der Waals surface area contributed by atoms with E-state index in [4.69, 9.17) is 4.74 Å². The van der Waals surface area contributed by atoms with Crippen molar-refractivity contribution in [1.29, 1.82) is 0 Å². The van der Waals surface area contributed by atoms with Gasteiger partial charge in [0.2, 0.25) is 15.9 Å². The Morgan fingerprint density at radius 3 is 2.39 bits per heavy atom. The van der Waals surface area contributed by atoms with E-state index in [1.54, 1.807) is 18.2 Å². The van der Waals surface area contributed by atoms with Crippen LogP contribution in [-0.4, -0.2) is 71.5 Å². The van der Waals surface area contributed by atoms with E-state index in [2.05, 4.69) is 14.8 Å². The van der Waals surface area contributed by atoms with Gasteiger partial charge < -0.3 is 9.64 Å². The van der Waals surface area contributed by atoms with Crippen molar-refractivity contribution in [2.24, 2.45) is 0 Å². The van der Waals surface area contributed by atoms with Crippen molar-refractivity contribution in [3.05, 3.63) is 54.6 Å². The van der Waals surface area contributed by atoms with Gasteiger partial charge in [-0.2, -0.15) is 4.31 Å². The molecule has 11 heteroatoms. The molecule has 220 valence electrons. The number of para-hydroxylation sites is 1. The second-order valence-electron chi connectivity index (χ2n) is 10.8. The van der Waals surface area contributed by atoms with Crippen molar-refractivity contribution >= 4 is 33.4 Å². The van der Waals surface area contributed by atoms with E-state index in [9.17, 15) is 13.2 Å². The highest BCUT2D eigenvalue weighted by atomic mass is 32.2. The lowest BCUT2D eigenvalue weighted by Crippen LogP contribution is -2.40. The first-order valence-corrected chi connectivity index (χ1v) is 16.9. The molecule has 1 aliphatic heterocycles. The fraction of sp³-hybridized carbons (Fsp3) is 0.500. The SMILES string of the molecule is CC(C)N(C(=O)CSc1nnc(-c2cccc(S(=O)(=O)N3CCOCC3)c2)n1C1CCCCCC1)c1ccccc1. The van der Waals surface area contributed by atoms with Gasteiger partial charge >= 0.3 is 0 Å². The maximum atomic E-state index is 13.5. The van der Waals surface area contributed by atoms with Gasteiger partial charge in [0.05, 0.1) is 23.9 Å². The highest BCUT2D eigenvalue weighted by Crippen LogP contribution is 2.36. The van der Waals surface area contributed by atoms with Crippen LogP contribution in [0.1, 0.15) is 58.4 Å². The molecular formula is C30H39N5O4S2. The van der Waals surface area contributed by atoms with Crippen LogP contribution in [0, 0.1) is 0 Å². The van der Waals surface area contributed by atoms with E-state index in [-0.39, 0.29) is 28.6 Å². The molecule has 2 fully saturated rings. The Labute approximate surface area is 247 Å². The van der Waals surface area contributed by atoms with Gasteiger partial charge in [-0.3, -0.25) is 9.36 Å². The molecule has 3 aromatic rings. The first-order chi connectivity index (χ1) is 19.9. The summed E-state index contributed by atoms with van der Waals surface area (Å²) in [5, 5.41) is 9.83. The quantitative estimate of drug-likeness (QED) is 0.241. The summed E-state index contributed by atoms with van der Waals surface area (Å²) >= 11 is 1.40. The maximum absolute atomic E-state index is 13.5. The third-order valence-electron chi connectivity index (χ3n) is 7.70. The summed E-state index contributed by atoms with van der Waals surface area (Å²) in [5.74, 6) is 0.880. The van der Waals surface area contributed by atoms with Crippen LogP contribution in [0.25, 0.3) is 11.4 Å². The van der Waals surface area contributed by atoms with Crippen LogP contribution >= 0.6 is 11.8 Å². The molecule has 1 amide bonds. The molecular weight excluding hydrogens is 558 g/mol. The number of hydrogen-bond donors (Lipinski definition) is 0. The molecule has 1 aliphatic carbocycles. The van der Waals surface area contributed by atoms with Crippen LogP contribution in [0.15, 0.2) is 64.6 Å². The molecule has 0 N–H and O–H groups in total. The lowest BCUT2D eigenvalue weighted by atomic mass is 10.1. The third-order valence-corrected chi connectivity index (χ3v) is 10.5. The standard InChI is InChI=1S/C30H39N5O4S2/c1-23(2)34(25-12-8-5-9-13-25)28(36)22-40-30-32-31-29(35(30)26-14-6-3-4-7-15-26)24-11-10-16-27(21-24)41(37,38)33-17-19-39-20-18-33/h5,8-13,16,21,23,26H,3-4,6-7,14-15,17-20,22H2,1-2H3. The maximum Gasteiger partial charge on any atom is 0.243 e. The average molecular weight is 598 g/mol. The van der Waals surface area contributed by atoms with Crippen LogP contribution in [-0.2, 0) is 19.6 Å². The minimum atomic E-state index is -3.65. The largest absolute Gasteiger partial charge is 0.379 e. The molecule has 5 rings (SSSR count). The molecule has 0 spiro atoms. The van der Waals surface area contributed by atoms with Gasteiger partial charge in [0.25, 0.3) is 0 Å². The van der Waals surface area contributed by atoms with Gasteiger partial charge in [-0.15, -0.1) is 10.2 Å². The molecule has 2 aromatic carbocycles. The number of benzene rings is 2. The molecule has 0 bridgehead atoms. The third kappa shape index (κ3) is 6.85. The van der Waals surface area contributed by atoms with Gasteiger partial charge in [0.15, 0.2) is 11.0 Å². The Hall–Kier alpha value is -2.73. The summed E-state index contributed by atoms with van der Waals surface area (Å²) in [4.78, 5) is 15.5. The van der Waals surface area contributed by atoms with Crippen molar-refractivity contribution in [1.82, 2.24) is 19.1 Å². The summed E-state index contributed by atoms with van der Waals surface area (Å²) in [7, 11) is -3.65. The number of morpholine rings is 1. The van der Waals surface area contributed by atoms with Gasteiger partial charge in [0.1, 0.15) is 0 Å². The van der Waals surface area contributed by atoms with Gasteiger partial charge in [-0.25, -0.2) is 8.42 Å². The minimum Gasteiger partial charge on any atom is -0.379 e. The van der Waals surface area contributed by atoms with E-state index in [1.165, 1.54) is 28.9 Å². The predicted molar refractivity (Wildman–Crippen MR) is 162 cm³/mol. The van der Waals surface area contributed by atoms with Crippen molar-refractivity contribution in [3.63, 3.8) is 0 Å². The average Bonchev–Trinajstić information content (AvgIpc) is 3.22. The Morgan fingerprint density at radius 2 is 1.71 bits per heavy atom. The van der Waals surface area contributed by atoms with Gasteiger partial charge in [-0.1, -0.05) is 67.8 Å². The molecule has 2 heterocycles. The number of thioether (sulfide) groups is 1. The van der Waals surface area contributed by atoms with Gasteiger partial charge in [0, 0.05) is 36.4 Å². The molecule has 9 nitrogen and oxygen atoms in total. The molecule has 1 saturated carbocycles. The lowest BCUT2D eigenvalue weighted by molar-refractivity contribution is -0.116. The van der Waals surface area contributed by atoms with Crippen LogP contribution in [0.2, 0.25) is 0 Å². The zero-order valence-corrected chi connectivity index (χ0v) is 25.4. The van der Waals surface area contributed by atoms with Crippen molar-refractivity contribution in [2.75, 3.05) is 37.0 Å². The molecule has 41 heavy (non-hydrogen) atoms. The summed E-state index contributed by atoms with van der Waals surface area (Å²) in [6, 6.07) is 16.9. The van der Waals surface area contributed by atoms with Crippen LogP contribution in [0.3, 0.4) is 0 Å². The summed E-state index contributed by atoms with van der Waals surface area (Å²) < 4.78 is 35.8. The highest BCUT2D eigenvalue weighted by Gasteiger charge is 2.29. The Bertz CT molecular complexity index is 1410. The van der Waals surface area contributed by atoms with E-state index in [0.717, 1.165) is 31.4 Å². The number of aromatic nitrogens is 3. The highest BCUT2D eigenvalue weighted by molar-refractivity contribution is 7.99. The summed E-state index contributed by atoms with van der Waals surface area (Å²) in [5.41, 5.74) is 1.58. The van der Waals surface area contributed by atoms with E-state index >= 15 is 0 Å². The van der Waals surface area contributed by atoms with Crippen LogP contribution in [0.5, 0.6) is 0 Å². The first-order valence-electron chi connectivity index (χ1n) is 14.5. The van der Waals surface area contributed by atoms with Crippen LogP contribution in [0.4, 0.5) is 5.69 Å². The zero-order chi connectivity index (χ0) is 28.8. The number of carbonyl (C=O) groups is 1. The number of carbonyl (C=O) groups excluding carboxylic acids is 1. The van der Waals surface area contributed by atoms with Gasteiger partial charge in [-0.05, 0) is 51.0 Å². The topological polar surface area (TPSA) is 97.6 Å². The minimum absolute atomic E-state index is 0.00627. The molecule has 0 radical (unpaired) electrons. The number of sulfonamides is 1. The Balaban J connectivity index is 1.45. The number of hydrogen-bond acceptors (Lipinski definition) is 7. The lowest BCUT2D eigenvalue weighted by Gasteiger charge is -2.27. The number of nitrogens with zero attached hydrogens (tertiary/aromatic N) is 5. The van der Waals surface area contributed by atoms with Crippen molar-refractivity contribution in [2.45, 2.75) is 74.5 Å². The molecule has 1 aromatic heterocycles. The fourth-order valence-electron chi connectivity index (χ4n) is 5.66. The smallest absolute Gasteiger partial charge is 0.243 e. The normalized spacial score (nSPS) is 17.4. The fourth-order valence-corrected chi connectivity index (χ4v) is 7.98. The summed E-state index contributed by atoms with van der Waals surface area (Å²) in [6.07, 6.45) is 6.63. The molecule has 2 aliphatic rings. The number of ether oxygens (including phenoxy) is 1. The monoisotopic (exact) mass is 597 g/mol. The van der Waals surface area contributed by atoms with E-state index in [0.29, 0.717) is 42.8 Å². The Kier molecular flexibility index (Phi) is 9.79. The van der Waals surface area contributed by atoms with Crippen LogP contribution < -0.4 is 4.90 Å². The molecule has 1 saturated heterocycles. The van der Waals surface area contributed by atoms with Crippen molar-refractivity contribution < 1.29 is 17.9 Å². The molecule has 0 atom stereocenters. The second kappa shape index (κ2) is 13.5. The van der Waals surface area contributed by atoms with E-state index < -0.39 is 10.0 Å². The number of rotatable bonds is 9. The van der Waals surface area contributed by atoms with Crippen molar-refractivity contribution in [3.8, 4) is 11.4 Å². The number of amides is 1. The Morgan fingerprint density at radius 1 is 1.00 bits per heavy atom. The molecule has 0 unspecified atom stereocenters.